The first-order valence-corrected chi connectivity index (χ1v) is 11.6. The van der Waals surface area contributed by atoms with Crippen molar-refractivity contribution in [1.82, 2.24) is 5.32 Å². The summed E-state index contributed by atoms with van der Waals surface area (Å²) >= 11 is 1.38. The topological polar surface area (TPSA) is 102 Å². The molecule has 0 saturated heterocycles. The number of anilines is 1. The predicted molar refractivity (Wildman–Crippen MR) is 112 cm³/mol. The zero-order chi connectivity index (χ0) is 21.0. The Balaban J connectivity index is 1.60. The van der Waals surface area contributed by atoms with Crippen LogP contribution in [0.5, 0.6) is 5.75 Å². The normalized spacial score (nSPS) is 15.9. The van der Waals surface area contributed by atoms with Gasteiger partial charge in [-0.15, -0.1) is 11.8 Å². The average molecular weight is 435 g/mol. The Morgan fingerprint density at radius 2 is 2.00 bits per heavy atom. The monoisotopic (exact) mass is 434 g/mol. The van der Waals surface area contributed by atoms with Crippen LogP contribution < -0.4 is 15.4 Å². The Labute approximate surface area is 174 Å². The number of hydrogen-bond acceptors (Lipinski definition) is 6. The lowest BCUT2D eigenvalue weighted by atomic mass is 10.2. The number of amides is 2. The van der Waals surface area contributed by atoms with Crippen LogP contribution in [0.2, 0.25) is 0 Å². The zero-order valence-corrected chi connectivity index (χ0v) is 17.7. The largest absolute Gasteiger partial charge is 0.496 e. The Morgan fingerprint density at radius 1 is 1.24 bits per heavy atom. The zero-order valence-electron chi connectivity index (χ0n) is 16.1. The second-order valence-corrected chi connectivity index (χ2v) is 10.1. The number of benzene rings is 2. The molecule has 2 aromatic carbocycles. The molecular weight excluding hydrogens is 412 g/mol. The molecule has 0 bridgehead atoms. The summed E-state index contributed by atoms with van der Waals surface area (Å²) in [4.78, 5) is 24.9. The third-order valence-corrected chi connectivity index (χ3v) is 7.40. The molecule has 3 rings (SSSR count). The van der Waals surface area contributed by atoms with E-state index >= 15 is 0 Å². The Hall–Kier alpha value is -2.52. The molecule has 9 heteroatoms. The first-order valence-electron chi connectivity index (χ1n) is 9.03. The maximum Gasteiger partial charge on any atom is 0.237 e. The van der Waals surface area contributed by atoms with E-state index in [0.717, 1.165) is 10.5 Å². The van der Waals surface area contributed by atoms with E-state index in [-0.39, 0.29) is 40.7 Å². The van der Waals surface area contributed by atoms with Gasteiger partial charge < -0.3 is 15.4 Å². The molecule has 1 atom stereocenters. The summed E-state index contributed by atoms with van der Waals surface area (Å²) in [6.45, 7) is 2.04. The highest BCUT2D eigenvalue weighted by atomic mass is 32.2. The van der Waals surface area contributed by atoms with Crippen molar-refractivity contribution in [1.29, 1.82) is 0 Å². The Kier molecular flexibility index (Phi) is 6.49. The highest BCUT2D eigenvalue weighted by Crippen LogP contribution is 2.36. The first kappa shape index (κ1) is 21.2. The minimum absolute atomic E-state index is 0.0873. The lowest BCUT2D eigenvalue weighted by Crippen LogP contribution is -2.27. The number of thioether (sulfide) groups is 1. The van der Waals surface area contributed by atoms with Gasteiger partial charge in [-0.1, -0.05) is 18.2 Å². The van der Waals surface area contributed by atoms with Gasteiger partial charge in [-0.3, -0.25) is 9.59 Å². The molecule has 1 unspecified atom stereocenters. The van der Waals surface area contributed by atoms with E-state index in [0.29, 0.717) is 11.4 Å². The molecule has 0 radical (unpaired) electrons. The van der Waals surface area contributed by atoms with E-state index in [4.69, 9.17) is 4.74 Å². The van der Waals surface area contributed by atoms with Gasteiger partial charge in [-0.25, -0.2) is 8.42 Å². The van der Waals surface area contributed by atoms with E-state index in [9.17, 15) is 18.0 Å². The van der Waals surface area contributed by atoms with Crippen molar-refractivity contribution in [3.63, 3.8) is 0 Å². The molecule has 0 saturated carbocycles. The lowest BCUT2D eigenvalue weighted by Gasteiger charge is -2.21. The van der Waals surface area contributed by atoms with Gasteiger partial charge in [0.2, 0.25) is 11.8 Å². The highest BCUT2D eigenvalue weighted by Gasteiger charge is 2.25. The van der Waals surface area contributed by atoms with E-state index in [1.807, 2.05) is 18.2 Å². The Bertz CT molecular complexity index is 1040. The van der Waals surface area contributed by atoms with Crippen molar-refractivity contribution in [2.45, 2.75) is 34.9 Å². The summed E-state index contributed by atoms with van der Waals surface area (Å²) in [5.74, 6) is -0.187. The van der Waals surface area contributed by atoms with Crippen molar-refractivity contribution >= 4 is 39.1 Å². The van der Waals surface area contributed by atoms with Gasteiger partial charge in [0.05, 0.1) is 28.7 Å². The molecule has 154 valence electrons. The molecular formula is C20H22N2O5S2. The summed E-state index contributed by atoms with van der Waals surface area (Å²) in [6, 6.07) is 11.9. The van der Waals surface area contributed by atoms with E-state index in [1.165, 1.54) is 23.9 Å². The van der Waals surface area contributed by atoms with Crippen LogP contribution in [0.15, 0.2) is 52.3 Å². The van der Waals surface area contributed by atoms with Crippen molar-refractivity contribution in [3.05, 3.63) is 48.0 Å². The van der Waals surface area contributed by atoms with Gasteiger partial charge in [0, 0.05) is 23.4 Å². The van der Waals surface area contributed by atoms with Crippen LogP contribution in [0, 0.1) is 0 Å². The summed E-state index contributed by atoms with van der Waals surface area (Å²) in [5, 5.41) is 5.21. The van der Waals surface area contributed by atoms with Crippen molar-refractivity contribution < 1.29 is 22.7 Å². The summed E-state index contributed by atoms with van der Waals surface area (Å²) in [6.07, 6.45) is -0.160. The number of para-hydroxylation sites is 1. The minimum Gasteiger partial charge on any atom is -0.496 e. The van der Waals surface area contributed by atoms with Crippen LogP contribution in [-0.4, -0.2) is 38.3 Å². The van der Waals surface area contributed by atoms with Gasteiger partial charge in [0.25, 0.3) is 0 Å². The molecule has 0 aliphatic carbocycles. The second-order valence-electron chi connectivity index (χ2n) is 6.56. The quantitative estimate of drug-likeness (QED) is 0.695. The first-order chi connectivity index (χ1) is 13.8. The molecule has 7 nitrogen and oxygen atoms in total. The number of methoxy groups -OCH3 is 1. The van der Waals surface area contributed by atoms with Crippen LogP contribution in [0.25, 0.3) is 0 Å². The molecule has 0 aromatic heterocycles. The molecule has 2 N–H and O–H groups in total. The summed E-state index contributed by atoms with van der Waals surface area (Å²) in [7, 11) is -2.11. The SMILES string of the molecule is COc1ccccc1CNC(=O)CCS(=O)(=O)c1ccc2c(c1)NC(=O)C(C)S2. The number of hydrogen-bond donors (Lipinski definition) is 2. The van der Waals surface area contributed by atoms with Crippen molar-refractivity contribution in [2.24, 2.45) is 0 Å². The van der Waals surface area contributed by atoms with Gasteiger partial charge in [-0.2, -0.15) is 0 Å². The number of ether oxygens (including phenoxy) is 1. The van der Waals surface area contributed by atoms with Gasteiger partial charge in [0.15, 0.2) is 9.84 Å². The van der Waals surface area contributed by atoms with Crippen LogP contribution in [-0.2, 0) is 26.0 Å². The van der Waals surface area contributed by atoms with E-state index in [2.05, 4.69) is 10.6 Å². The van der Waals surface area contributed by atoms with Crippen LogP contribution >= 0.6 is 11.8 Å². The van der Waals surface area contributed by atoms with Crippen LogP contribution in [0.3, 0.4) is 0 Å². The number of fused-ring (bicyclic) bond motifs is 1. The minimum atomic E-state index is -3.66. The number of nitrogens with one attached hydrogen (secondary N) is 2. The molecule has 29 heavy (non-hydrogen) atoms. The fourth-order valence-electron chi connectivity index (χ4n) is 2.86. The van der Waals surface area contributed by atoms with Gasteiger partial charge >= 0.3 is 0 Å². The fraction of sp³-hybridized carbons (Fsp3) is 0.300. The number of carbonyl (C=O) groups excluding carboxylic acids is 2. The molecule has 2 aromatic rings. The third-order valence-electron chi connectivity index (χ3n) is 4.51. The standard InChI is InChI=1S/C20H22N2O5S2/c1-13-20(24)22-16-11-15(7-8-18(16)28-13)29(25,26)10-9-19(23)21-12-14-5-3-4-6-17(14)27-2/h3-8,11,13H,9-10,12H2,1-2H3,(H,21,23)(H,22,24). The maximum atomic E-state index is 12.6. The maximum absolute atomic E-state index is 12.6. The predicted octanol–water partition coefficient (Wildman–Crippen LogP) is 2.61. The van der Waals surface area contributed by atoms with E-state index < -0.39 is 9.84 Å². The number of rotatable bonds is 7. The Morgan fingerprint density at radius 3 is 2.76 bits per heavy atom. The van der Waals surface area contributed by atoms with Crippen LogP contribution in [0.1, 0.15) is 18.9 Å². The molecule has 0 fully saturated rings. The second kappa shape index (κ2) is 8.87. The fourth-order valence-corrected chi connectivity index (χ4v) is 5.05. The van der Waals surface area contributed by atoms with Crippen LogP contribution in [0.4, 0.5) is 5.69 Å². The smallest absolute Gasteiger partial charge is 0.237 e. The molecule has 1 heterocycles. The third kappa shape index (κ3) is 5.10. The molecule has 1 aliphatic heterocycles. The van der Waals surface area contributed by atoms with Gasteiger partial charge in [0.1, 0.15) is 5.75 Å². The average Bonchev–Trinajstić information content (AvgIpc) is 2.71. The van der Waals surface area contributed by atoms with Crippen molar-refractivity contribution in [2.75, 3.05) is 18.2 Å². The molecule has 2 amide bonds. The highest BCUT2D eigenvalue weighted by molar-refractivity contribution is 8.01. The van der Waals surface area contributed by atoms with Gasteiger partial charge in [-0.05, 0) is 31.2 Å². The van der Waals surface area contributed by atoms with E-state index in [1.54, 1.807) is 26.2 Å². The number of sulfone groups is 1. The lowest BCUT2D eigenvalue weighted by molar-refractivity contribution is -0.121. The van der Waals surface area contributed by atoms with Crippen molar-refractivity contribution in [3.8, 4) is 5.75 Å². The molecule has 0 spiro atoms. The number of carbonyl (C=O) groups is 2. The summed E-state index contributed by atoms with van der Waals surface area (Å²) < 4.78 is 30.5. The molecule has 1 aliphatic rings. The summed E-state index contributed by atoms with van der Waals surface area (Å²) in [5.41, 5.74) is 1.29.